The molecule has 0 aromatic carbocycles. The smallest absolute Gasteiger partial charge is 0.331 e. The number of aromatic nitrogens is 2. The number of unbranched alkanes of at least 4 members (excludes halogenated alkanes) is 18. The van der Waals surface area contributed by atoms with Crippen LogP contribution in [-0.2, 0) is 22.6 Å². The lowest BCUT2D eigenvalue weighted by Crippen LogP contribution is -2.56. The Bertz CT molecular complexity index is 1140. The standard InChI is InChI=1S/C43H82N4O4/c1-4-6-8-10-12-14-16-22-28-46(32-36-50-37-33-46)30-24-18-20-26-44-41(3)40-42(48)45(43(44)49)27-21-19-25-31-47(34-38-51-39-35-47)29-23-17-15-13-11-9-7-5-2/h40H,4-39H2,1-3H3/q+2. The highest BCUT2D eigenvalue weighted by Gasteiger charge is 2.30. The number of rotatable bonds is 30. The van der Waals surface area contributed by atoms with Gasteiger partial charge in [0.25, 0.3) is 5.56 Å². The van der Waals surface area contributed by atoms with Crippen LogP contribution in [0, 0.1) is 6.92 Å². The van der Waals surface area contributed by atoms with Crippen molar-refractivity contribution in [1.82, 2.24) is 9.13 Å². The molecule has 0 radical (unpaired) electrons. The highest BCUT2D eigenvalue weighted by molar-refractivity contribution is 5.00. The molecular formula is C43H82N4O4+2. The number of aryl methyl sites for hydroxylation is 1. The molecule has 1 aromatic rings. The van der Waals surface area contributed by atoms with E-state index >= 15 is 0 Å². The number of nitrogens with zero attached hydrogens (tertiary/aromatic N) is 4. The van der Waals surface area contributed by atoms with Gasteiger partial charge in [-0.15, -0.1) is 0 Å². The van der Waals surface area contributed by atoms with Crippen LogP contribution in [-0.4, -0.2) is 96.9 Å². The topological polar surface area (TPSA) is 62.5 Å². The van der Waals surface area contributed by atoms with Gasteiger partial charge in [-0.2, -0.15) is 0 Å². The van der Waals surface area contributed by atoms with Crippen molar-refractivity contribution in [3.8, 4) is 0 Å². The maximum atomic E-state index is 13.5. The SMILES string of the molecule is CCCCCCCCCC[N+]1(CCCCCn2c(C)cc(=O)n(CCCCC[N+]3(CCCCCCCCCC)CCOCC3)c2=O)CCOCC1. The van der Waals surface area contributed by atoms with Gasteiger partial charge in [0.05, 0.1) is 52.6 Å². The van der Waals surface area contributed by atoms with E-state index < -0.39 is 0 Å². The van der Waals surface area contributed by atoms with Crippen LogP contribution in [0.2, 0.25) is 0 Å². The zero-order valence-corrected chi connectivity index (χ0v) is 34.0. The molecule has 2 aliphatic rings. The fourth-order valence-corrected chi connectivity index (χ4v) is 8.73. The Morgan fingerprint density at radius 2 is 0.824 bits per heavy atom. The van der Waals surface area contributed by atoms with Crippen LogP contribution < -0.4 is 11.2 Å². The van der Waals surface area contributed by atoms with E-state index in [2.05, 4.69) is 13.8 Å². The van der Waals surface area contributed by atoms with Gasteiger partial charge in [0.1, 0.15) is 26.2 Å². The molecule has 2 saturated heterocycles. The predicted molar refractivity (Wildman–Crippen MR) is 214 cm³/mol. The molecule has 0 saturated carbocycles. The minimum Gasteiger partial charge on any atom is -0.370 e. The maximum Gasteiger partial charge on any atom is 0.331 e. The van der Waals surface area contributed by atoms with Gasteiger partial charge in [0.2, 0.25) is 0 Å². The molecule has 0 aliphatic carbocycles. The maximum absolute atomic E-state index is 13.5. The summed E-state index contributed by atoms with van der Waals surface area (Å²) in [4.78, 5) is 26.4. The molecule has 0 spiro atoms. The first-order valence-corrected chi connectivity index (χ1v) is 22.1. The van der Waals surface area contributed by atoms with Crippen LogP contribution in [0.15, 0.2) is 15.7 Å². The van der Waals surface area contributed by atoms with Gasteiger partial charge in [-0.25, -0.2) is 4.79 Å². The molecule has 3 heterocycles. The summed E-state index contributed by atoms with van der Waals surface area (Å²) in [7, 11) is 0. The number of quaternary nitrogens is 2. The Labute approximate surface area is 313 Å². The molecule has 2 aliphatic heterocycles. The average molecular weight is 719 g/mol. The summed E-state index contributed by atoms with van der Waals surface area (Å²) in [6.07, 6.45) is 28.3. The molecule has 2 fully saturated rings. The Balaban J connectivity index is 1.38. The number of hydrogen-bond acceptors (Lipinski definition) is 4. The summed E-state index contributed by atoms with van der Waals surface area (Å²) in [6.45, 7) is 20.8. The molecule has 51 heavy (non-hydrogen) atoms. The number of ether oxygens (including phenoxy) is 2. The van der Waals surface area contributed by atoms with Crippen molar-refractivity contribution >= 4 is 0 Å². The van der Waals surface area contributed by atoms with Gasteiger partial charge in [0.15, 0.2) is 0 Å². The Kier molecular flexibility index (Phi) is 22.7. The Morgan fingerprint density at radius 1 is 0.490 bits per heavy atom. The van der Waals surface area contributed by atoms with Crippen molar-refractivity contribution in [2.45, 2.75) is 175 Å². The zero-order chi connectivity index (χ0) is 36.5. The molecule has 0 N–H and O–H groups in total. The molecule has 3 rings (SSSR count). The van der Waals surface area contributed by atoms with Crippen molar-refractivity contribution in [3.05, 3.63) is 32.6 Å². The highest BCUT2D eigenvalue weighted by Crippen LogP contribution is 2.19. The summed E-state index contributed by atoms with van der Waals surface area (Å²) in [5.74, 6) is 0. The van der Waals surface area contributed by atoms with E-state index in [1.54, 1.807) is 6.07 Å². The molecule has 8 nitrogen and oxygen atoms in total. The Morgan fingerprint density at radius 3 is 1.22 bits per heavy atom. The van der Waals surface area contributed by atoms with Crippen LogP contribution >= 0.6 is 0 Å². The van der Waals surface area contributed by atoms with Crippen molar-refractivity contribution in [1.29, 1.82) is 0 Å². The normalized spacial score (nSPS) is 17.2. The molecule has 0 unspecified atom stereocenters. The van der Waals surface area contributed by atoms with E-state index in [-0.39, 0.29) is 11.2 Å². The van der Waals surface area contributed by atoms with E-state index in [4.69, 9.17) is 9.47 Å². The lowest BCUT2D eigenvalue weighted by Gasteiger charge is -2.41. The van der Waals surface area contributed by atoms with Gasteiger partial charge < -0.3 is 18.4 Å². The van der Waals surface area contributed by atoms with Gasteiger partial charge in [-0.3, -0.25) is 13.9 Å². The summed E-state index contributed by atoms with van der Waals surface area (Å²) in [5, 5.41) is 0. The third-order valence-corrected chi connectivity index (χ3v) is 12.3. The average Bonchev–Trinajstić information content (AvgIpc) is 3.13. The third kappa shape index (κ3) is 17.0. The Hall–Kier alpha value is -1.48. The third-order valence-electron chi connectivity index (χ3n) is 12.3. The van der Waals surface area contributed by atoms with Gasteiger partial charge in [-0.1, -0.05) is 90.9 Å². The molecule has 1 aromatic heterocycles. The summed E-state index contributed by atoms with van der Waals surface area (Å²) < 4.78 is 17.3. The van der Waals surface area contributed by atoms with Crippen LogP contribution in [0.3, 0.4) is 0 Å². The van der Waals surface area contributed by atoms with E-state index in [1.165, 1.54) is 149 Å². The van der Waals surface area contributed by atoms with Crippen molar-refractivity contribution < 1.29 is 18.4 Å². The first-order valence-electron chi connectivity index (χ1n) is 22.1. The fraction of sp³-hybridized carbons (Fsp3) is 0.907. The first kappa shape index (κ1) is 43.9. The van der Waals surface area contributed by atoms with Crippen LogP contribution in [0.25, 0.3) is 0 Å². The van der Waals surface area contributed by atoms with E-state index in [1.807, 2.05) is 11.5 Å². The number of hydrogen-bond donors (Lipinski definition) is 0. The fourth-order valence-electron chi connectivity index (χ4n) is 8.73. The molecule has 0 bridgehead atoms. The second kappa shape index (κ2) is 26.3. The van der Waals surface area contributed by atoms with Crippen molar-refractivity contribution in [2.75, 3.05) is 78.8 Å². The quantitative estimate of drug-likeness (QED) is 0.0591. The second-order valence-corrected chi connectivity index (χ2v) is 16.5. The van der Waals surface area contributed by atoms with Crippen LogP contribution in [0.4, 0.5) is 0 Å². The van der Waals surface area contributed by atoms with Gasteiger partial charge in [0, 0.05) is 24.8 Å². The lowest BCUT2D eigenvalue weighted by molar-refractivity contribution is -0.935. The molecular weight excluding hydrogens is 636 g/mol. The van der Waals surface area contributed by atoms with Crippen molar-refractivity contribution in [3.63, 3.8) is 0 Å². The van der Waals surface area contributed by atoms with Gasteiger partial charge >= 0.3 is 5.69 Å². The largest absolute Gasteiger partial charge is 0.370 e. The van der Waals surface area contributed by atoms with Crippen molar-refractivity contribution in [2.24, 2.45) is 0 Å². The van der Waals surface area contributed by atoms with E-state index in [9.17, 15) is 9.59 Å². The first-order chi connectivity index (χ1) is 24.9. The summed E-state index contributed by atoms with van der Waals surface area (Å²) in [6, 6.07) is 1.68. The predicted octanol–water partition coefficient (Wildman–Crippen LogP) is 8.63. The highest BCUT2D eigenvalue weighted by atomic mass is 16.5. The molecule has 296 valence electrons. The minimum atomic E-state index is -0.139. The minimum absolute atomic E-state index is 0.113. The molecule has 0 amide bonds. The number of morpholine rings is 2. The summed E-state index contributed by atoms with van der Waals surface area (Å²) >= 11 is 0. The zero-order valence-electron chi connectivity index (χ0n) is 34.0. The van der Waals surface area contributed by atoms with E-state index in [0.29, 0.717) is 13.1 Å². The lowest BCUT2D eigenvalue weighted by atomic mass is 10.1. The van der Waals surface area contributed by atoms with Crippen LogP contribution in [0.5, 0.6) is 0 Å². The summed E-state index contributed by atoms with van der Waals surface area (Å²) in [5.41, 5.74) is 0.546. The molecule has 0 atom stereocenters. The van der Waals surface area contributed by atoms with Crippen LogP contribution in [0.1, 0.15) is 161 Å². The van der Waals surface area contributed by atoms with Gasteiger partial charge in [-0.05, 0) is 71.1 Å². The molecule has 8 heteroatoms. The second-order valence-electron chi connectivity index (χ2n) is 16.5. The monoisotopic (exact) mass is 719 g/mol. The van der Waals surface area contributed by atoms with E-state index in [0.717, 1.165) is 90.4 Å².